The predicted octanol–water partition coefficient (Wildman–Crippen LogP) is 4.67. The molecule has 0 spiro atoms. The molecule has 0 aliphatic heterocycles. The van der Waals surface area contributed by atoms with Gasteiger partial charge in [0.25, 0.3) is 0 Å². The molecule has 2 aliphatic rings. The number of rotatable bonds is 4. The van der Waals surface area contributed by atoms with Crippen LogP contribution in [0.5, 0.6) is 0 Å². The van der Waals surface area contributed by atoms with Crippen LogP contribution >= 0.6 is 0 Å². The SMILES string of the molecule is C#Cc1ccccc1CC(=O)Cc1ccccc1C#C.c1cc2ccc1-2. The van der Waals surface area contributed by atoms with Crippen molar-refractivity contribution >= 4 is 5.78 Å². The minimum atomic E-state index is 0.107. The van der Waals surface area contributed by atoms with E-state index < -0.39 is 0 Å². The highest BCUT2D eigenvalue weighted by molar-refractivity contribution is 5.84. The van der Waals surface area contributed by atoms with Gasteiger partial charge in [-0.15, -0.1) is 12.8 Å². The first kappa shape index (κ1) is 17.3. The molecule has 2 aliphatic carbocycles. The molecule has 1 heteroatoms. The highest BCUT2D eigenvalue weighted by Crippen LogP contribution is 2.29. The Bertz CT molecular complexity index is 929. The number of ketones is 1. The zero-order valence-corrected chi connectivity index (χ0v) is 14.4. The van der Waals surface area contributed by atoms with Crippen LogP contribution in [0.3, 0.4) is 0 Å². The molecule has 2 aromatic rings. The van der Waals surface area contributed by atoms with Crippen LogP contribution in [-0.4, -0.2) is 5.78 Å². The van der Waals surface area contributed by atoms with Gasteiger partial charge in [0.15, 0.2) is 0 Å². The van der Waals surface area contributed by atoms with Gasteiger partial charge in [-0.3, -0.25) is 4.79 Å². The van der Waals surface area contributed by atoms with Crippen molar-refractivity contribution in [1.82, 2.24) is 0 Å². The smallest absolute Gasteiger partial charge is 0.141 e. The average Bonchev–Trinajstić information content (AvgIpc) is 2.66. The highest BCUT2D eigenvalue weighted by Gasteiger charge is 2.09. The molecule has 4 rings (SSSR count). The van der Waals surface area contributed by atoms with Crippen molar-refractivity contribution in [2.45, 2.75) is 12.8 Å². The monoisotopic (exact) mass is 334 g/mol. The van der Waals surface area contributed by atoms with Crippen molar-refractivity contribution in [3.05, 3.63) is 95.1 Å². The number of benzene rings is 3. The second kappa shape index (κ2) is 8.02. The summed E-state index contributed by atoms with van der Waals surface area (Å²) in [4.78, 5) is 12.2. The lowest BCUT2D eigenvalue weighted by atomic mass is 9.95. The van der Waals surface area contributed by atoms with Crippen LogP contribution < -0.4 is 0 Å². The first-order valence-electron chi connectivity index (χ1n) is 8.42. The summed E-state index contributed by atoms with van der Waals surface area (Å²) in [5, 5.41) is 0. The maximum Gasteiger partial charge on any atom is 0.141 e. The van der Waals surface area contributed by atoms with Gasteiger partial charge in [0.1, 0.15) is 5.78 Å². The van der Waals surface area contributed by atoms with Gasteiger partial charge in [0.05, 0.1) is 0 Å². The zero-order valence-electron chi connectivity index (χ0n) is 14.4. The number of carbonyl (C=O) groups is 1. The third kappa shape index (κ3) is 3.92. The molecule has 124 valence electrons. The van der Waals surface area contributed by atoms with E-state index in [4.69, 9.17) is 12.8 Å². The Morgan fingerprint density at radius 3 is 1.35 bits per heavy atom. The summed E-state index contributed by atoms with van der Waals surface area (Å²) in [6, 6.07) is 23.5. The van der Waals surface area contributed by atoms with Gasteiger partial charge in [-0.25, -0.2) is 0 Å². The van der Waals surface area contributed by atoms with E-state index in [1.54, 1.807) is 0 Å². The predicted molar refractivity (Wildman–Crippen MR) is 107 cm³/mol. The molecule has 0 N–H and O–H groups in total. The molecule has 0 bridgehead atoms. The van der Waals surface area contributed by atoms with Gasteiger partial charge < -0.3 is 0 Å². The highest BCUT2D eigenvalue weighted by atomic mass is 16.1. The quantitative estimate of drug-likeness (QED) is 0.496. The fourth-order valence-electron chi connectivity index (χ4n) is 2.78. The topological polar surface area (TPSA) is 17.1 Å². The van der Waals surface area contributed by atoms with Crippen LogP contribution in [0.4, 0.5) is 0 Å². The van der Waals surface area contributed by atoms with Crippen molar-refractivity contribution < 1.29 is 4.79 Å². The summed E-state index contributed by atoms with van der Waals surface area (Å²) in [6.45, 7) is 0. The third-order valence-electron chi connectivity index (χ3n) is 4.34. The number of terminal acetylenes is 2. The Kier molecular flexibility index (Phi) is 5.33. The zero-order chi connectivity index (χ0) is 18.4. The maximum absolute atomic E-state index is 12.2. The number of carbonyl (C=O) groups excluding carboxylic acids is 1. The molecule has 0 amide bonds. The molecule has 0 radical (unpaired) electrons. The molecule has 1 nitrogen and oxygen atoms in total. The lowest BCUT2D eigenvalue weighted by Crippen LogP contribution is -2.08. The molecule has 0 saturated heterocycles. The summed E-state index contributed by atoms with van der Waals surface area (Å²) >= 11 is 0. The number of hydrogen-bond donors (Lipinski definition) is 0. The van der Waals surface area contributed by atoms with E-state index in [1.165, 1.54) is 11.1 Å². The van der Waals surface area contributed by atoms with Gasteiger partial charge in [-0.05, 0) is 34.4 Å². The van der Waals surface area contributed by atoms with E-state index in [1.807, 2.05) is 48.5 Å². The lowest BCUT2D eigenvalue weighted by Gasteiger charge is -2.10. The fourth-order valence-corrected chi connectivity index (χ4v) is 2.78. The van der Waals surface area contributed by atoms with Gasteiger partial charge >= 0.3 is 0 Å². The van der Waals surface area contributed by atoms with Crippen molar-refractivity contribution in [3.8, 4) is 35.8 Å². The molecule has 0 heterocycles. The van der Waals surface area contributed by atoms with Crippen molar-refractivity contribution in [1.29, 1.82) is 0 Å². The van der Waals surface area contributed by atoms with E-state index in [-0.39, 0.29) is 5.78 Å². The van der Waals surface area contributed by atoms with Crippen LogP contribution in [0.2, 0.25) is 0 Å². The first-order valence-corrected chi connectivity index (χ1v) is 8.42. The standard InChI is InChI=1S/C19H14O.C6H4/c1-3-15-9-5-7-11-17(15)13-19(20)14-18-12-8-6-10-16(18)4-2;1-2-6-4-3-5(1)6/h1-2,5-12H,13-14H2;1-4H. The fraction of sp³-hybridized carbons (Fsp3) is 0.0800. The number of Topliss-reactive ketones (excluding diaryl/α,β-unsaturated/α-hetero) is 1. The molecular formula is C25H18O. The maximum atomic E-state index is 12.2. The van der Waals surface area contributed by atoms with E-state index in [0.717, 1.165) is 22.3 Å². The van der Waals surface area contributed by atoms with Crippen molar-refractivity contribution in [2.24, 2.45) is 0 Å². The second-order valence-corrected chi connectivity index (χ2v) is 6.07. The van der Waals surface area contributed by atoms with Crippen molar-refractivity contribution in [2.75, 3.05) is 0 Å². The number of fused-ring (bicyclic) bond motifs is 1. The molecule has 26 heavy (non-hydrogen) atoms. The van der Waals surface area contributed by atoms with Crippen LogP contribution in [0.15, 0.2) is 72.8 Å². The molecular weight excluding hydrogens is 316 g/mol. The first-order chi connectivity index (χ1) is 12.7. The Balaban J connectivity index is 0.000000269. The summed E-state index contributed by atoms with van der Waals surface area (Å²) in [5.74, 6) is 5.31. The van der Waals surface area contributed by atoms with Crippen molar-refractivity contribution in [3.63, 3.8) is 0 Å². The lowest BCUT2D eigenvalue weighted by molar-refractivity contribution is -0.117. The number of hydrogen-bond acceptors (Lipinski definition) is 1. The summed E-state index contributed by atoms with van der Waals surface area (Å²) in [7, 11) is 0. The molecule has 0 saturated carbocycles. The molecule has 0 fully saturated rings. The second-order valence-electron chi connectivity index (χ2n) is 6.07. The molecule has 0 atom stereocenters. The average molecular weight is 334 g/mol. The van der Waals surface area contributed by atoms with Crippen LogP contribution in [-0.2, 0) is 17.6 Å². The molecule has 2 aromatic carbocycles. The summed E-state index contributed by atoms with van der Waals surface area (Å²) < 4.78 is 0. The summed E-state index contributed by atoms with van der Waals surface area (Å²) in [5.41, 5.74) is 6.17. The van der Waals surface area contributed by atoms with Gasteiger partial charge in [0, 0.05) is 24.0 Å². The normalized spacial score (nSPS) is 9.92. The third-order valence-corrected chi connectivity index (χ3v) is 4.34. The minimum Gasteiger partial charge on any atom is -0.299 e. The largest absolute Gasteiger partial charge is 0.299 e. The van der Waals surface area contributed by atoms with Gasteiger partial charge in [-0.1, -0.05) is 72.5 Å². The van der Waals surface area contributed by atoms with E-state index in [2.05, 4.69) is 36.1 Å². The van der Waals surface area contributed by atoms with Crippen LogP contribution in [0, 0.1) is 24.7 Å². The van der Waals surface area contributed by atoms with Gasteiger partial charge in [0.2, 0.25) is 0 Å². The van der Waals surface area contributed by atoms with E-state index in [0.29, 0.717) is 12.8 Å². The summed E-state index contributed by atoms with van der Waals surface area (Å²) in [6.07, 6.45) is 11.5. The van der Waals surface area contributed by atoms with Crippen LogP contribution in [0.25, 0.3) is 11.1 Å². The van der Waals surface area contributed by atoms with E-state index in [9.17, 15) is 4.79 Å². The Morgan fingerprint density at radius 1 is 0.654 bits per heavy atom. The van der Waals surface area contributed by atoms with Gasteiger partial charge in [-0.2, -0.15) is 0 Å². The van der Waals surface area contributed by atoms with Crippen LogP contribution in [0.1, 0.15) is 22.3 Å². The minimum absolute atomic E-state index is 0.107. The molecule has 0 unspecified atom stereocenters. The Hall–Kier alpha value is -3.55. The Morgan fingerprint density at radius 2 is 1.04 bits per heavy atom. The Labute approximate surface area is 154 Å². The van der Waals surface area contributed by atoms with E-state index >= 15 is 0 Å². The molecule has 0 aromatic heterocycles.